The number of benzene rings is 3. The van der Waals surface area contributed by atoms with Crippen molar-refractivity contribution < 1.29 is 23.0 Å². The molecule has 4 rings (SSSR count). The lowest BCUT2D eigenvalue weighted by Crippen LogP contribution is -2.04. The molecule has 0 saturated carbocycles. The fraction of sp³-hybridized carbons (Fsp3) is 0.0500. The van der Waals surface area contributed by atoms with E-state index in [0.717, 1.165) is 12.1 Å². The van der Waals surface area contributed by atoms with E-state index < -0.39 is 11.6 Å². The Bertz CT molecular complexity index is 1180. The van der Waals surface area contributed by atoms with E-state index in [1.54, 1.807) is 24.3 Å². The lowest BCUT2D eigenvalue weighted by molar-refractivity contribution is 0.291. The summed E-state index contributed by atoms with van der Waals surface area (Å²) in [5, 5.41) is 10.6. The van der Waals surface area contributed by atoms with Crippen LogP contribution >= 0.6 is 0 Å². The maximum absolute atomic E-state index is 13.7. The van der Waals surface area contributed by atoms with Crippen LogP contribution in [0.25, 0.3) is 21.9 Å². The average molecular weight is 354 g/mol. The van der Waals surface area contributed by atoms with Crippen molar-refractivity contribution in [3.63, 3.8) is 0 Å². The van der Waals surface area contributed by atoms with Crippen molar-refractivity contribution in [3.05, 3.63) is 82.0 Å². The maximum Gasteiger partial charge on any atom is 0.204 e. The highest BCUT2D eigenvalue weighted by Crippen LogP contribution is 2.31. The predicted octanol–water partition coefficient (Wildman–Crippen LogP) is 4.51. The van der Waals surface area contributed by atoms with Gasteiger partial charge in [-0.15, -0.1) is 0 Å². The minimum atomic E-state index is -0.729. The zero-order valence-electron chi connectivity index (χ0n) is 13.3. The molecule has 0 atom stereocenters. The fourth-order valence-electron chi connectivity index (χ4n) is 2.79. The molecule has 3 aromatic carbocycles. The highest BCUT2D eigenvalue weighted by molar-refractivity contribution is 5.93. The Balaban J connectivity index is 1.78. The lowest BCUT2D eigenvalue weighted by atomic mass is 10.1. The third-order valence-electron chi connectivity index (χ3n) is 4.08. The third-order valence-corrected chi connectivity index (χ3v) is 4.08. The second-order valence-electron chi connectivity index (χ2n) is 5.73. The van der Waals surface area contributed by atoms with Gasteiger partial charge in [-0.1, -0.05) is 18.2 Å². The summed E-state index contributed by atoms with van der Waals surface area (Å²) in [5.41, 5.74) is -0.113. The van der Waals surface area contributed by atoms with Crippen LogP contribution in [0.1, 0.15) is 5.56 Å². The van der Waals surface area contributed by atoms with Crippen LogP contribution in [0.3, 0.4) is 0 Å². The van der Waals surface area contributed by atoms with Gasteiger partial charge in [0.2, 0.25) is 5.43 Å². The summed E-state index contributed by atoms with van der Waals surface area (Å²) >= 11 is 0. The van der Waals surface area contributed by atoms with Crippen LogP contribution in [0.5, 0.6) is 11.5 Å². The zero-order chi connectivity index (χ0) is 18.3. The molecule has 4 aromatic rings. The highest BCUT2D eigenvalue weighted by Gasteiger charge is 2.14. The number of phenolic OH excluding ortho intramolecular Hbond substituents is 1. The van der Waals surface area contributed by atoms with E-state index in [1.807, 2.05) is 0 Å². The van der Waals surface area contributed by atoms with Crippen LogP contribution in [0.2, 0.25) is 0 Å². The lowest BCUT2D eigenvalue weighted by Gasteiger charge is -2.10. The molecular formula is C20H12F2O4. The van der Waals surface area contributed by atoms with Gasteiger partial charge in [-0.05, 0) is 24.3 Å². The van der Waals surface area contributed by atoms with Gasteiger partial charge in [0.25, 0.3) is 0 Å². The fourth-order valence-corrected chi connectivity index (χ4v) is 2.79. The summed E-state index contributed by atoms with van der Waals surface area (Å²) in [7, 11) is 0. The zero-order valence-corrected chi connectivity index (χ0v) is 13.3. The van der Waals surface area contributed by atoms with Gasteiger partial charge in [0, 0.05) is 12.1 Å². The van der Waals surface area contributed by atoms with Gasteiger partial charge in [0.15, 0.2) is 0 Å². The molecule has 0 aliphatic heterocycles. The average Bonchev–Trinajstić information content (AvgIpc) is 2.61. The van der Waals surface area contributed by atoms with Gasteiger partial charge in [-0.3, -0.25) is 4.79 Å². The molecule has 0 radical (unpaired) electrons. The minimum Gasteiger partial charge on any atom is -0.507 e. The largest absolute Gasteiger partial charge is 0.507 e. The van der Waals surface area contributed by atoms with Crippen LogP contribution in [0, 0.1) is 11.6 Å². The Morgan fingerprint density at radius 2 is 1.69 bits per heavy atom. The molecule has 0 aliphatic rings. The number of phenols is 1. The molecule has 0 saturated heterocycles. The van der Waals surface area contributed by atoms with E-state index in [0.29, 0.717) is 11.0 Å². The molecule has 1 aromatic heterocycles. The van der Waals surface area contributed by atoms with Crippen molar-refractivity contribution >= 4 is 21.9 Å². The summed E-state index contributed by atoms with van der Waals surface area (Å²) in [6.45, 7) is -0.374. The molecule has 0 bridgehead atoms. The highest BCUT2D eigenvalue weighted by atomic mass is 19.1. The number of ether oxygens (including phenoxy) is 1. The standard InChI is InChI=1S/C20H12F2O4/c21-14-5-3-6-15(22)13(14)10-25-11-8-16(23)19-18(9-11)26-17-7-2-1-4-12(17)20(19)24/h1-9,23H,10H2. The summed E-state index contributed by atoms with van der Waals surface area (Å²) in [6, 6.07) is 12.8. The van der Waals surface area contributed by atoms with Crippen LogP contribution in [0.15, 0.2) is 63.8 Å². The first-order valence-corrected chi connectivity index (χ1v) is 7.79. The van der Waals surface area contributed by atoms with Crippen LogP contribution in [-0.4, -0.2) is 5.11 Å². The summed E-state index contributed by atoms with van der Waals surface area (Å²) < 4.78 is 38.4. The first-order valence-electron chi connectivity index (χ1n) is 7.79. The topological polar surface area (TPSA) is 59.7 Å². The van der Waals surface area contributed by atoms with E-state index in [1.165, 1.54) is 18.2 Å². The van der Waals surface area contributed by atoms with Crippen LogP contribution in [0.4, 0.5) is 8.78 Å². The molecule has 0 amide bonds. The van der Waals surface area contributed by atoms with Gasteiger partial charge in [-0.25, -0.2) is 8.78 Å². The maximum atomic E-state index is 13.7. The third kappa shape index (κ3) is 2.65. The predicted molar refractivity (Wildman–Crippen MR) is 92.3 cm³/mol. The second-order valence-corrected chi connectivity index (χ2v) is 5.73. The first-order chi connectivity index (χ1) is 12.5. The number of hydrogen-bond acceptors (Lipinski definition) is 4. The van der Waals surface area contributed by atoms with Gasteiger partial charge in [0.05, 0.1) is 10.9 Å². The number of aromatic hydroxyl groups is 1. The first kappa shape index (κ1) is 16.1. The van der Waals surface area contributed by atoms with Crippen molar-refractivity contribution in [2.24, 2.45) is 0 Å². The molecule has 1 N–H and O–H groups in total. The molecular weight excluding hydrogens is 342 g/mol. The number of hydrogen-bond donors (Lipinski definition) is 1. The van der Waals surface area contributed by atoms with Gasteiger partial charge < -0.3 is 14.3 Å². The monoisotopic (exact) mass is 354 g/mol. The Labute approximate surface area is 145 Å². The Hall–Kier alpha value is -3.41. The van der Waals surface area contributed by atoms with Crippen molar-refractivity contribution in [2.75, 3.05) is 0 Å². The molecule has 0 fully saturated rings. The number of halogens is 2. The van der Waals surface area contributed by atoms with Gasteiger partial charge in [-0.2, -0.15) is 0 Å². The van der Waals surface area contributed by atoms with Crippen LogP contribution in [-0.2, 0) is 6.61 Å². The molecule has 26 heavy (non-hydrogen) atoms. The van der Waals surface area contributed by atoms with E-state index in [4.69, 9.17) is 9.15 Å². The quantitative estimate of drug-likeness (QED) is 0.550. The molecule has 0 spiro atoms. The molecule has 4 nitrogen and oxygen atoms in total. The van der Waals surface area contributed by atoms with E-state index in [2.05, 4.69) is 0 Å². The van der Waals surface area contributed by atoms with Gasteiger partial charge >= 0.3 is 0 Å². The normalized spacial score (nSPS) is 11.2. The van der Waals surface area contributed by atoms with Crippen molar-refractivity contribution in [1.82, 2.24) is 0 Å². The molecule has 6 heteroatoms. The van der Waals surface area contributed by atoms with Crippen LogP contribution < -0.4 is 10.2 Å². The van der Waals surface area contributed by atoms with Crippen molar-refractivity contribution in [3.8, 4) is 11.5 Å². The Kier molecular flexibility index (Phi) is 3.80. The van der Waals surface area contributed by atoms with Crippen molar-refractivity contribution in [1.29, 1.82) is 0 Å². The number of para-hydroxylation sites is 1. The molecule has 0 aliphatic carbocycles. The molecule has 1 heterocycles. The van der Waals surface area contributed by atoms with Crippen molar-refractivity contribution in [2.45, 2.75) is 6.61 Å². The summed E-state index contributed by atoms with van der Waals surface area (Å²) in [6.07, 6.45) is 0. The summed E-state index contributed by atoms with van der Waals surface area (Å²) in [5.74, 6) is -1.66. The SMILES string of the molecule is O=c1c2ccccc2oc2cc(OCc3c(F)cccc3F)cc(O)c12. The molecule has 130 valence electrons. The summed E-state index contributed by atoms with van der Waals surface area (Å²) in [4.78, 5) is 12.5. The Morgan fingerprint density at radius 3 is 2.46 bits per heavy atom. The van der Waals surface area contributed by atoms with E-state index in [-0.39, 0.29) is 40.1 Å². The minimum absolute atomic E-state index is 0.0214. The molecule has 0 unspecified atom stereocenters. The van der Waals surface area contributed by atoms with Gasteiger partial charge in [0.1, 0.15) is 46.3 Å². The number of fused-ring (bicyclic) bond motifs is 2. The Morgan fingerprint density at radius 1 is 0.962 bits per heavy atom. The van der Waals surface area contributed by atoms with E-state index in [9.17, 15) is 18.7 Å². The number of rotatable bonds is 3. The van der Waals surface area contributed by atoms with E-state index >= 15 is 0 Å². The second kappa shape index (κ2) is 6.15. The smallest absolute Gasteiger partial charge is 0.204 e.